The van der Waals surface area contributed by atoms with Crippen LogP contribution in [0.2, 0.25) is 0 Å². The van der Waals surface area contributed by atoms with Crippen molar-refractivity contribution in [3.63, 3.8) is 0 Å². The summed E-state index contributed by atoms with van der Waals surface area (Å²) in [6.07, 6.45) is 2.10. The fraction of sp³-hybridized carbons (Fsp3) is 0.867. The third-order valence-corrected chi connectivity index (χ3v) is 4.12. The molecule has 23 heavy (non-hydrogen) atoms. The van der Waals surface area contributed by atoms with Crippen LogP contribution in [0.5, 0.6) is 0 Å². The van der Waals surface area contributed by atoms with Crippen molar-refractivity contribution in [3.8, 4) is 0 Å². The Kier molecular flexibility index (Phi) is 6.47. The number of amides is 1. The van der Waals surface area contributed by atoms with Crippen molar-refractivity contribution in [1.29, 1.82) is 0 Å². The predicted octanol–water partition coefficient (Wildman–Crippen LogP) is 0.665. The first kappa shape index (κ1) is 17.8. The fourth-order valence-corrected chi connectivity index (χ4v) is 2.76. The molecule has 2 fully saturated rings. The van der Waals surface area contributed by atoms with Crippen LogP contribution in [-0.4, -0.2) is 68.2 Å². The number of nitrogens with one attached hydrogen (secondary N) is 1. The summed E-state index contributed by atoms with van der Waals surface area (Å²) in [6, 6.07) is 0.235. The Balaban J connectivity index is 1.66. The highest BCUT2D eigenvalue weighted by Crippen LogP contribution is 2.22. The molecule has 0 aromatic carbocycles. The van der Waals surface area contributed by atoms with Gasteiger partial charge in [-0.1, -0.05) is 0 Å². The molecule has 0 unspecified atom stereocenters. The minimum Gasteiger partial charge on any atom is -0.450 e. The minimum absolute atomic E-state index is 0.235. The first-order chi connectivity index (χ1) is 11.0. The first-order valence-corrected chi connectivity index (χ1v) is 8.28. The van der Waals surface area contributed by atoms with Crippen molar-refractivity contribution < 1.29 is 19.0 Å². The van der Waals surface area contributed by atoms with Gasteiger partial charge in [-0.2, -0.15) is 0 Å². The predicted molar refractivity (Wildman–Crippen MR) is 86.2 cm³/mol. The quantitative estimate of drug-likeness (QED) is 0.568. The highest BCUT2D eigenvalue weighted by molar-refractivity contribution is 5.78. The summed E-state index contributed by atoms with van der Waals surface area (Å²) in [7, 11) is 0. The molecule has 2 saturated heterocycles. The van der Waals surface area contributed by atoms with Gasteiger partial charge in [0.1, 0.15) is 0 Å². The van der Waals surface area contributed by atoms with E-state index < -0.39 is 5.79 Å². The summed E-state index contributed by atoms with van der Waals surface area (Å²) in [5.74, 6) is -0.101. The molecule has 3 N–H and O–H groups in total. The van der Waals surface area contributed by atoms with Gasteiger partial charge in [0.05, 0.1) is 19.8 Å². The lowest BCUT2D eigenvalue weighted by atomic mass is 10.1. The van der Waals surface area contributed by atoms with E-state index in [-0.39, 0.29) is 12.1 Å². The normalized spacial score (nSPS) is 22.2. The van der Waals surface area contributed by atoms with E-state index in [1.54, 1.807) is 4.90 Å². The molecule has 2 aliphatic heterocycles. The average Bonchev–Trinajstić information content (AvgIpc) is 2.95. The molecule has 8 heteroatoms. The van der Waals surface area contributed by atoms with Gasteiger partial charge in [-0.3, -0.25) is 4.99 Å². The molecule has 0 radical (unpaired) electrons. The number of carbonyl (C=O) groups is 1. The zero-order valence-electron chi connectivity index (χ0n) is 14.0. The third-order valence-electron chi connectivity index (χ3n) is 4.12. The van der Waals surface area contributed by atoms with Crippen LogP contribution in [0, 0.1) is 0 Å². The molecule has 2 heterocycles. The number of nitrogens with zero attached hydrogens (tertiary/aromatic N) is 2. The second-order valence-electron chi connectivity index (χ2n) is 5.95. The Bertz CT molecular complexity index is 416. The number of rotatable bonds is 5. The van der Waals surface area contributed by atoms with Crippen LogP contribution >= 0.6 is 0 Å². The molecule has 8 nitrogen and oxygen atoms in total. The van der Waals surface area contributed by atoms with E-state index in [1.807, 2.05) is 13.8 Å². The van der Waals surface area contributed by atoms with Crippen LogP contribution in [0.4, 0.5) is 4.79 Å². The maximum atomic E-state index is 11.6. The zero-order chi connectivity index (χ0) is 16.7. The number of guanidine groups is 1. The standard InChI is InChI=1S/C15H28N4O4/c1-3-21-14(20)19-8-4-12(5-9-19)18-13(16)17-7-6-15(2)22-10-11-23-15/h12H,3-11H2,1-2H3,(H3,16,17,18). The molecule has 2 rings (SSSR count). The Labute approximate surface area is 137 Å². The first-order valence-electron chi connectivity index (χ1n) is 8.28. The zero-order valence-corrected chi connectivity index (χ0v) is 14.0. The van der Waals surface area contributed by atoms with E-state index in [2.05, 4.69) is 10.3 Å². The highest BCUT2D eigenvalue weighted by atomic mass is 16.7. The van der Waals surface area contributed by atoms with Crippen LogP contribution in [0.15, 0.2) is 4.99 Å². The van der Waals surface area contributed by atoms with Crippen LogP contribution in [-0.2, 0) is 14.2 Å². The summed E-state index contributed by atoms with van der Waals surface area (Å²) in [5, 5.41) is 3.22. The highest BCUT2D eigenvalue weighted by Gasteiger charge is 2.30. The lowest BCUT2D eigenvalue weighted by Crippen LogP contribution is -2.48. The number of carbonyl (C=O) groups excluding carboxylic acids is 1. The number of likely N-dealkylation sites (tertiary alicyclic amines) is 1. The van der Waals surface area contributed by atoms with Gasteiger partial charge in [0.15, 0.2) is 11.7 Å². The molecular weight excluding hydrogens is 300 g/mol. The number of hydrogen-bond donors (Lipinski definition) is 2. The largest absolute Gasteiger partial charge is 0.450 e. The van der Waals surface area contributed by atoms with E-state index in [9.17, 15) is 4.79 Å². The maximum Gasteiger partial charge on any atom is 0.409 e. The van der Waals surface area contributed by atoms with Gasteiger partial charge in [-0.25, -0.2) is 4.79 Å². The van der Waals surface area contributed by atoms with E-state index in [0.29, 0.717) is 51.8 Å². The van der Waals surface area contributed by atoms with Crippen LogP contribution in [0.3, 0.4) is 0 Å². The molecule has 0 aromatic rings. The molecule has 2 aliphatic rings. The molecule has 132 valence electrons. The van der Waals surface area contributed by atoms with Gasteiger partial charge >= 0.3 is 6.09 Å². The van der Waals surface area contributed by atoms with Crippen LogP contribution in [0.25, 0.3) is 0 Å². The number of aliphatic imine (C=N–C) groups is 1. The van der Waals surface area contributed by atoms with Crippen molar-refractivity contribution in [2.45, 2.75) is 44.9 Å². The molecule has 0 spiro atoms. The number of nitrogens with two attached hydrogens (primary N) is 1. The molecule has 0 bridgehead atoms. The lowest BCUT2D eigenvalue weighted by Gasteiger charge is -2.31. The maximum absolute atomic E-state index is 11.6. The summed E-state index contributed by atoms with van der Waals surface area (Å²) in [6.45, 7) is 7.29. The molecule has 0 aliphatic carbocycles. The molecule has 0 aromatic heterocycles. The summed E-state index contributed by atoms with van der Waals surface area (Å²) in [5.41, 5.74) is 5.93. The van der Waals surface area contributed by atoms with Crippen LogP contribution < -0.4 is 11.1 Å². The summed E-state index contributed by atoms with van der Waals surface area (Å²) >= 11 is 0. The summed E-state index contributed by atoms with van der Waals surface area (Å²) in [4.78, 5) is 17.7. The van der Waals surface area contributed by atoms with Gasteiger partial charge < -0.3 is 30.2 Å². The van der Waals surface area contributed by atoms with Crippen LogP contribution in [0.1, 0.15) is 33.1 Å². The van der Waals surface area contributed by atoms with Crippen molar-refractivity contribution >= 4 is 12.1 Å². The molecule has 0 atom stereocenters. The molecular formula is C15H28N4O4. The van der Waals surface area contributed by atoms with Gasteiger partial charge in [0, 0.05) is 32.1 Å². The fourth-order valence-electron chi connectivity index (χ4n) is 2.76. The monoisotopic (exact) mass is 328 g/mol. The Morgan fingerprint density at radius 3 is 2.65 bits per heavy atom. The number of hydrogen-bond acceptors (Lipinski definition) is 5. The topological polar surface area (TPSA) is 98.4 Å². The lowest BCUT2D eigenvalue weighted by molar-refractivity contribution is -0.144. The minimum atomic E-state index is -0.533. The number of ether oxygens (including phenoxy) is 3. The van der Waals surface area contributed by atoms with Gasteiger partial charge in [0.2, 0.25) is 0 Å². The van der Waals surface area contributed by atoms with E-state index in [4.69, 9.17) is 19.9 Å². The van der Waals surface area contributed by atoms with Crippen molar-refractivity contribution in [3.05, 3.63) is 0 Å². The smallest absolute Gasteiger partial charge is 0.409 e. The SMILES string of the molecule is CCOC(=O)N1CCC(NC(N)=NCCC2(C)OCCO2)CC1. The second kappa shape index (κ2) is 8.35. The Morgan fingerprint density at radius 2 is 2.04 bits per heavy atom. The second-order valence-corrected chi connectivity index (χ2v) is 5.95. The van der Waals surface area contributed by atoms with Gasteiger partial charge in [0.25, 0.3) is 0 Å². The third kappa shape index (κ3) is 5.54. The van der Waals surface area contributed by atoms with E-state index >= 15 is 0 Å². The van der Waals surface area contributed by atoms with Gasteiger partial charge in [-0.15, -0.1) is 0 Å². The number of piperidine rings is 1. The van der Waals surface area contributed by atoms with Crippen molar-refractivity contribution in [2.75, 3.05) is 39.5 Å². The molecule has 0 saturated carbocycles. The Hall–Kier alpha value is -1.54. The van der Waals surface area contributed by atoms with Crippen molar-refractivity contribution in [1.82, 2.24) is 10.2 Å². The Morgan fingerprint density at radius 1 is 1.39 bits per heavy atom. The molecule has 1 amide bonds. The van der Waals surface area contributed by atoms with Gasteiger partial charge in [-0.05, 0) is 26.7 Å². The summed E-state index contributed by atoms with van der Waals surface area (Å²) < 4.78 is 16.1. The van der Waals surface area contributed by atoms with Crippen molar-refractivity contribution in [2.24, 2.45) is 10.7 Å². The van der Waals surface area contributed by atoms with E-state index in [1.165, 1.54) is 0 Å². The average molecular weight is 328 g/mol. The van der Waals surface area contributed by atoms with E-state index in [0.717, 1.165) is 12.8 Å².